The summed E-state index contributed by atoms with van der Waals surface area (Å²) in [6.07, 6.45) is 0.816. The van der Waals surface area contributed by atoms with Crippen LogP contribution in [0.4, 0.5) is 10.1 Å². The van der Waals surface area contributed by atoms with Gasteiger partial charge in [0.1, 0.15) is 18.4 Å². The topological polar surface area (TPSA) is 86.8 Å². The fraction of sp³-hybridized carbons (Fsp3) is 0.235. The molecule has 0 aliphatic rings. The van der Waals surface area contributed by atoms with Gasteiger partial charge in [-0.1, -0.05) is 79.2 Å². The Morgan fingerprint density at radius 1 is 0.909 bits per heavy atom. The average molecular weight is 636 g/mol. The number of carbonyl (C=O) groups is 2. The van der Waals surface area contributed by atoms with E-state index in [9.17, 15) is 22.4 Å². The highest BCUT2D eigenvalue weighted by atomic mass is 35.5. The predicted octanol–water partition coefficient (Wildman–Crippen LogP) is 6.15. The van der Waals surface area contributed by atoms with Gasteiger partial charge < -0.3 is 10.2 Å². The summed E-state index contributed by atoms with van der Waals surface area (Å²) < 4.78 is 44.1. The van der Waals surface area contributed by atoms with Crippen LogP contribution in [0.2, 0.25) is 5.02 Å². The lowest BCUT2D eigenvalue weighted by Gasteiger charge is -2.34. The van der Waals surface area contributed by atoms with Crippen molar-refractivity contribution in [3.8, 4) is 0 Å². The number of sulfonamides is 1. The normalized spacial score (nSPS) is 11.9. The molecular formula is C34H35ClFN3O4S. The van der Waals surface area contributed by atoms with Crippen LogP contribution in [0.5, 0.6) is 0 Å². The summed E-state index contributed by atoms with van der Waals surface area (Å²) in [5, 5.41) is 3.23. The standard InChI is InChI=1S/C34H35ClFN3O4S/c1-3-20-37-34(41)32(22-26-11-5-4-6-12-26)38(23-27-13-7-8-15-31(27)36)33(40)24-39(29-14-9-10-25(2)21-29)44(42,43)30-18-16-28(35)17-19-30/h4-19,21,32H,3,20,22-24H2,1-2H3,(H,37,41). The minimum Gasteiger partial charge on any atom is -0.354 e. The first kappa shape index (κ1) is 32.7. The number of carbonyl (C=O) groups excluding carboxylic acids is 2. The third-order valence-electron chi connectivity index (χ3n) is 7.09. The number of benzene rings is 4. The second-order valence-electron chi connectivity index (χ2n) is 10.4. The fourth-order valence-corrected chi connectivity index (χ4v) is 6.31. The van der Waals surface area contributed by atoms with Crippen LogP contribution in [0, 0.1) is 12.7 Å². The van der Waals surface area contributed by atoms with Crippen molar-refractivity contribution < 1.29 is 22.4 Å². The number of aryl methyl sites for hydroxylation is 1. The Morgan fingerprint density at radius 3 is 2.25 bits per heavy atom. The summed E-state index contributed by atoms with van der Waals surface area (Å²) >= 11 is 6.02. The van der Waals surface area contributed by atoms with Gasteiger partial charge in [-0.2, -0.15) is 0 Å². The molecule has 4 aromatic rings. The first-order valence-electron chi connectivity index (χ1n) is 14.3. The van der Waals surface area contributed by atoms with Crippen LogP contribution in [0.25, 0.3) is 0 Å². The van der Waals surface area contributed by atoms with E-state index in [-0.39, 0.29) is 29.1 Å². The van der Waals surface area contributed by atoms with Crippen molar-refractivity contribution >= 4 is 39.1 Å². The monoisotopic (exact) mass is 635 g/mol. The maximum atomic E-state index is 15.0. The number of hydrogen-bond acceptors (Lipinski definition) is 4. The number of rotatable bonds is 13. The summed E-state index contributed by atoms with van der Waals surface area (Å²) in [4.78, 5) is 29.2. The Kier molecular flexibility index (Phi) is 11.1. The van der Waals surface area contributed by atoms with Crippen LogP contribution in [-0.4, -0.2) is 44.3 Å². The molecule has 0 spiro atoms. The maximum Gasteiger partial charge on any atom is 0.264 e. The van der Waals surface area contributed by atoms with E-state index >= 15 is 0 Å². The molecule has 0 bridgehead atoms. The molecule has 1 atom stereocenters. The van der Waals surface area contributed by atoms with Crippen LogP contribution in [-0.2, 0) is 32.6 Å². The van der Waals surface area contributed by atoms with E-state index in [0.717, 1.165) is 15.4 Å². The van der Waals surface area contributed by atoms with Crippen molar-refractivity contribution in [1.82, 2.24) is 10.2 Å². The van der Waals surface area contributed by atoms with E-state index in [1.807, 2.05) is 50.2 Å². The van der Waals surface area contributed by atoms with E-state index < -0.39 is 40.2 Å². The van der Waals surface area contributed by atoms with Gasteiger partial charge in [-0.15, -0.1) is 0 Å². The Morgan fingerprint density at radius 2 is 1.59 bits per heavy atom. The number of nitrogens with zero attached hydrogens (tertiary/aromatic N) is 2. The van der Waals surface area contributed by atoms with Gasteiger partial charge >= 0.3 is 0 Å². The summed E-state index contributed by atoms with van der Waals surface area (Å²) in [7, 11) is -4.26. The average Bonchev–Trinajstić information content (AvgIpc) is 3.01. The molecule has 0 aromatic heterocycles. The quantitative estimate of drug-likeness (QED) is 0.191. The number of nitrogens with one attached hydrogen (secondary N) is 1. The molecule has 4 aromatic carbocycles. The highest BCUT2D eigenvalue weighted by Crippen LogP contribution is 2.27. The first-order chi connectivity index (χ1) is 21.1. The maximum absolute atomic E-state index is 15.0. The molecule has 1 unspecified atom stereocenters. The van der Waals surface area contributed by atoms with E-state index in [4.69, 9.17) is 11.6 Å². The molecule has 0 saturated carbocycles. The number of anilines is 1. The van der Waals surface area contributed by atoms with Gasteiger partial charge in [0.05, 0.1) is 10.6 Å². The van der Waals surface area contributed by atoms with E-state index in [2.05, 4.69) is 5.32 Å². The number of halogens is 2. The molecule has 44 heavy (non-hydrogen) atoms. The van der Waals surface area contributed by atoms with Crippen LogP contribution in [0.15, 0.2) is 108 Å². The minimum absolute atomic E-state index is 0.0571. The smallest absolute Gasteiger partial charge is 0.264 e. The van der Waals surface area contributed by atoms with Gasteiger partial charge in [0.25, 0.3) is 10.0 Å². The van der Waals surface area contributed by atoms with Crippen LogP contribution < -0.4 is 9.62 Å². The van der Waals surface area contributed by atoms with Gasteiger partial charge in [0.2, 0.25) is 11.8 Å². The largest absolute Gasteiger partial charge is 0.354 e. The molecule has 0 aliphatic carbocycles. The van der Waals surface area contributed by atoms with Gasteiger partial charge in [0.15, 0.2) is 0 Å². The minimum atomic E-state index is -4.26. The summed E-state index contributed by atoms with van der Waals surface area (Å²) in [6.45, 7) is 3.24. The van der Waals surface area contributed by atoms with Crippen molar-refractivity contribution in [3.05, 3.63) is 131 Å². The van der Waals surface area contributed by atoms with Crippen LogP contribution >= 0.6 is 11.6 Å². The van der Waals surface area contributed by atoms with Crippen molar-refractivity contribution in [2.24, 2.45) is 0 Å². The molecule has 2 amide bonds. The zero-order chi connectivity index (χ0) is 31.7. The molecule has 10 heteroatoms. The third kappa shape index (κ3) is 8.24. The predicted molar refractivity (Wildman–Crippen MR) is 171 cm³/mol. The molecule has 0 fully saturated rings. The zero-order valence-corrected chi connectivity index (χ0v) is 26.2. The molecular weight excluding hydrogens is 601 g/mol. The van der Waals surface area contributed by atoms with Crippen molar-refractivity contribution in [2.75, 3.05) is 17.4 Å². The first-order valence-corrected chi connectivity index (χ1v) is 16.1. The zero-order valence-electron chi connectivity index (χ0n) is 24.6. The Bertz CT molecular complexity index is 1680. The van der Waals surface area contributed by atoms with Crippen molar-refractivity contribution in [1.29, 1.82) is 0 Å². The number of amides is 2. The molecule has 4 rings (SSSR count). The van der Waals surface area contributed by atoms with Gasteiger partial charge in [0, 0.05) is 30.1 Å². The number of hydrogen-bond donors (Lipinski definition) is 1. The van der Waals surface area contributed by atoms with Gasteiger partial charge in [-0.3, -0.25) is 13.9 Å². The lowest BCUT2D eigenvalue weighted by atomic mass is 10.0. The van der Waals surface area contributed by atoms with E-state index in [0.29, 0.717) is 18.0 Å². The SMILES string of the molecule is CCCNC(=O)C(Cc1ccccc1)N(Cc1ccccc1F)C(=O)CN(c1cccc(C)c1)S(=O)(=O)c1ccc(Cl)cc1. The molecule has 0 heterocycles. The molecule has 0 saturated heterocycles. The van der Waals surface area contributed by atoms with Gasteiger partial charge in [-0.25, -0.2) is 12.8 Å². The second-order valence-corrected chi connectivity index (χ2v) is 12.7. The summed E-state index contributed by atoms with van der Waals surface area (Å²) in [5.74, 6) is -1.62. The Hall–Kier alpha value is -4.21. The Labute approximate surface area is 263 Å². The van der Waals surface area contributed by atoms with Crippen LogP contribution in [0.3, 0.4) is 0 Å². The van der Waals surface area contributed by atoms with Crippen molar-refractivity contribution in [3.63, 3.8) is 0 Å². The highest BCUT2D eigenvalue weighted by molar-refractivity contribution is 7.92. The fourth-order valence-electron chi connectivity index (χ4n) is 4.78. The lowest BCUT2D eigenvalue weighted by molar-refractivity contribution is -0.140. The van der Waals surface area contributed by atoms with Crippen molar-refractivity contribution in [2.45, 2.75) is 44.2 Å². The summed E-state index contributed by atoms with van der Waals surface area (Å²) in [6, 6.07) is 26.6. The molecule has 230 valence electrons. The van der Waals surface area contributed by atoms with Gasteiger partial charge in [-0.05, 0) is 66.9 Å². The highest BCUT2D eigenvalue weighted by Gasteiger charge is 2.35. The molecule has 7 nitrogen and oxygen atoms in total. The lowest BCUT2D eigenvalue weighted by Crippen LogP contribution is -2.53. The van der Waals surface area contributed by atoms with Crippen LogP contribution in [0.1, 0.15) is 30.0 Å². The second kappa shape index (κ2) is 15.0. The van der Waals surface area contributed by atoms with E-state index in [1.54, 1.807) is 36.4 Å². The molecule has 1 N–H and O–H groups in total. The Balaban J connectivity index is 1.80. The van der Waals surface area contributed by atoms with E-state index in [1.165, 1.54) is 35.2 Å². The third-order valence-corrected chi connectivity index (χ3v) is 9.13. The summed E-state index contributed by atoms with van der Waals surface area (Å²) in [5.41, 5.74) is 2.05. The molecule has 0 aliphatic heterocycles. The molecule has 0 radical (unpaired) electrons.